The highest BCUT2D eigenvalue weighted by Crippen LogP contribution is 2.25. The molecule has 0 aliphatic heterocycles. The minimum absolute atomic E-state index is 0. The van der Waals surface area contributed by atoms with E-state index in [1.54, 1.807) is 7.05 Å². The number of anilines is 1. The standard InChI is InChI=1S/C15H21N3O2.ClH/c1-18(15(20)11-7-8-12(16)9-11)10-14(19)17-13-5-3-2-4-6-13;/h2-6,11-12H,7-10,16H2,1H3,(H,17,19);1H. The predicted molar refractivity (Wildman–Crippen MR) is 85.3 cm³/mol. The lowest BCUT2D eigenvalue weighted by molar-refractivity contribution is -0.136. The molecule has 0 saturated heterocycles. The van der Waals surface area contributed by atoms with Crippen LogP contribution in [0.5, 0.6) is 0 Å². The van der Waals surface area contributed by atoms with Crippen LogP contribution < -0.4 is 11.1 Å². The maximum absolute atomic E-state index is 12.2. The summed E-state index contributed by atoms with van der Waals surface area (Å²) in [6, 6.07) is 9.34. The zero-order chi connectivity index (χ0) is 14.5. The Hall–Kier alpha value is -1.59. The van der Waals surface area contributed by atoms with Crippen LogP contribution in [0.2, 0.25) is 0 Å². The summed E-state index contributed by atoms with van der Waals surface area (Å²) in [5.74, 6) is -0.199. The predicted octanol–water partition coefficient (Wildman–Crippen LogP) is 1.63. The summed E-state index contributed by atoms with van der Waals surface area (Å²) in [4.78, 5) is 25.5. The number of nitrogens with two attached hydrogens (primary N) is 1. The fourth-order valence-electron chi connectivity index (χ4n) is 2.57. The Labute approximate surface area is 131 Å². The third-order valence-corrected chi connectivity index (χ3v) is 3.64. The molecule has 1 saturated carbocycles. The molecule has 0 aromatic heterocycles. The SMILES string of the molecule is CN(CC(=O)Nc1ccccc1)C(=O)C1CCC(N)C1.Cl. The Bertz CT molecular complexity index is 481. The van der Waals surface area contributed by atoms with Gasteiger partial charge in [-0.1, -0.05) is 18.2 Å². The number of amides is 2. The maximum atomic E-state index is 12.2. The molecule has 1 aliphatic carbocycles. The third kappa shape index (κ3) is 5.02. The molecule has 2 unspecified atom stereocenters. The lowest BCUT2D eigenvalue weighted by atomic mass is 10.1. The maximum Gasteiger partial charge on any atom is 0.243 e. The molecule has 0 spiro atoms. The number of hydrogen-bond donors (Lipinski definition) is 2. The van der Waals surface area contributed by atoms with Crippen LogP contribution in [-0.4, -0.2) is 36.3 Å². The summed E-state index contributed by atoms with van der Waals surface area (Å²) < 4.78 is 0. The van der Waals surface area contributed by atoms with Gasteiger partial charge in [-0.2, -0.15) is 0 Å². The zero-order valence-electron chi connectivity index (χ0n) is 12.1. The van der Waals surface area contributed by atoms with Crippen LogP contribution in [0.3, 0.4) is 0 Å². The fourth-order valence-corrected chi connectivity index (χ4v) is 2.57. The normalized spacial score (nSPS) is 20.5. The molecule has 0 heterocycles. The molecule has 1 aromatic rings. The van der Waals surface area contributed by atoms with Gasteiger partial charge in [-0.05, 0) is 31.4 Å². The first-order chi connectivity index (χ1) is 9.56. The number of carbonyl (C=O) groups is 2. The van der Waals surface area contributed by atoms with Gasteiger partial charge in [0, 0.05) is 24.7 Å². The Morgan fingerprint density at radius 3 is 2.52 bits per heavy atom. The zero-order valence-corrected chi connectivity index (χ0v) is 12.9. The molecule has 0 bridgehead atoms. The van der Waals surface area contributed by atoms with E-state index in [9.17, 15) is 9.59 Å². The second-order valence-electron chi connectivity index (χ2n) is 5.38. The molecule has 1 aromatic carbocycles. The molecular formula is C15H22ClN3O2. The van der Waals surface area contributed by atoms with Crippen molar-refractivity contribution in [1.82, 2.24) is 4.90 Å². The molecule has 116 valence electrons. The van der Waals surface area contributed by atoms with E-state index in [-0.39, 0.29) is 42.7 Å². The third-order valence-electron chi connectivity index (χ3n) is 3.64. The number of carbonyl (C=O) groups excluding carboxylic acids is 2. The van der Waals surface area contributed by atoms with Crippen LogP contribution in [0.1, 0.15) is 19.3 Å². The fraction of sp³-hybridized carbons (Fsp3) is 0.467. The topological polar surface area (TPSA) is 75.4 Å². The minimum atomic E-state index is -0.186. The van der Waals surface area contributed by atoms with Gasteiger partial charge in [-0.15, -0.1) is 12.4 Å². The molecule has 5 nitrogen and oxygen atoms in total. The summed E-state index contributed by atoms with van der Waals surface area (Å²) in [5.41, 5.74) is 6.55. The number of rotatable bonds is 4. The van der Waals surface area contributed by atoms with Gasteiger partial charge >= 0.3 is 0 Å². The smallest absolute Gasteiger partial charge is 0.243 e. The lowest BCUT2D eigenvalue weighted by Crippen LogP contribution is -2.38. The van der Waals surface area contributed by atoms with E-state index < -0.39 is 0 Å². The average Bonchev–Trinajstić information content (AvgIpc) is 2.85. The first-order valence-corrected chi connectivity index (χ1v) is 6.91. The van der Waals surface area contributed by atoms with Crippen molar-refractivity contribution in [2.45, 2.75) is 25.3 Å². The number of halogens is 1. The van der Waals surface area contributed by atoms with E-state index in [0.29, 0.717) is 0 Å². The number of nitrogens with zero attached hydrogens (tertiary/aromatic N) is 1. The summed E-state index contributed by atoms with van der Waals surface area (Å²) in [6.07, 6.45) is 2.44. The molecular weight excluding hydrogens is 290 g/mol. The van der Waals surface area contributed by atoms with Crippen LogP contribution in [0.4, 0.5) is 5.69 Å². The van der Waals surface area contributed by atoms with Crippen molar-refractivity contribution in [1.29, 1.82) is 0 Å². The quantitative estimate of drug-likeness (QED) is 0.887. The lowest BCUT2D eigenvalue weighted by Gasteiger charge is -2.20. The van der Waals surface area contributed by atoms with E-state index >= 15 is 0 Å². The molecule has 1 fully saturated rings. The van der Waals surface area contributed by atoms with Gasteiger partial charge in [0.1, 0.15) is 0 Å². The molecule has 1 aliphatic rings. The minimum Gasteiger partial charge on any atom is -0.336 e. The highest BCUT2D eigenvalue weighted by Gasteiger charge is 2.30. The summed E-state index contributed by atoms with van der Waals surface area (Å²) in [7, 11) is 1.66. The number of likely N-dealkylation sites (N-methyl/N-ethyl adjacent to an activating group) is 1. The van der Waals surface area contributed by atoms with Crippen LogP contribution >= 0.6 is 12.4 Å². The van der Waals surface area contributed by atoms with Gasteiger partial charge in [-0.25, -0.2) is 0 Å². The van der Waals surface area contributed by atoms with Gasteiger partial charge in [-0.3, -0.25) is 9.59 Å². The molecule has 21 heavy (non-hydrogen) atoms. The van der Waals surface area contributed by atoms with Crippen molar-refractivity contribution in [2.75, 3.05) is 18.9 Å². The molecule has 2 amide bonds. The first kappa shape index (κ1) is 17.5. The van der Waals surface area contributed by atoms with Crippen LogP contribution in [-0.2, 0) is 9.59 Å². The van der Waals surface area contributed by atoms with Crippen molar-refractivity contribution in [3.8, 4) is 0 Å². The van der Waals surface area contributed by atoms with Crippen molar-refractivity contribution < 1.29 is 9.59 Å². The van der Waals surface area contributed by atoms with Gasteiger partial charge < -0.3 is 16.0 Å². The van der Waals surface area contributed by atoms with E-state index in [2.05, 4.69) is 5.32 Å². The summed E-state index contributed by atoms with van der Waals surface area (Å²) in [5, 5.41) is 2.77. The highest BCUT2D eigenvalue weighted by atomic mass is 35.5. The van der Waals surface area contributed by atoms with Crippen LogP contribution in [0.15, 0.2) is 30.3 Å². The van der Waals surface area contributed by atoms with Gasteiger partial charge in [0.05, 0.1) is 6.54 Å². The Kier molecular flexibility index (Phi) is 6.65. The van der Waals surface area contributed by atoms with Gasteiger partial charge in [0.15, 0.2) is 0 Å². The number of hydrogen-bond acceptors (Lipinski definition) is 3. The second kappa shape index (κ2) is 8.00. The van der Waals surface area contributed by atoms with Gasteiger partial charge in [0.2, 0.25) is 11.8 Å². The molecule has 6 heteroatoms. The Morgan fingerprint density at radius 2 is 1.95 bits per heavy atom. The molecule has 2 atom stereocenters. The number of para-hydroxylation sites is 1. The Morgan fingerprint density at radius 1 is 1.29 bits per heavy atom. The summed E-state index contributed by atoms with van der Waals surface area (Å²) >= 11 is 0. The van der Waals surface area contributed by atoms with Gasteiger partial charge in [0.25, 0.3) is 0 Å². The van der Waals surface area contributed by atoms with E-state index in [4.69, 9.17) is 5.73 Å². The van der Waals surface area contributed by atoms with Crippen molar-refractivity contribution in [2.24, 2.45) is 11.7 Å². The van der Waals surface area contributed by atoms with Crippen LogP contribution in [0, 0.1) is 5.92 Å². The average molecular weight is 312 g/mol. The molecule has 2 rings (SSSR count). The Balaban J connectivity index is 0.00000220. The number of benzene rings is 1. The molecule has 0 radical (unpaired) electrons. The van der Waals surface area contributed by atoms with Crippen LogP contribution in [0.25, 0.3) is 0 Å². The second-order valence-corrected chi connectivity index (χ2v) is 5.38. The summed E-state index contributed by atoms with van der Waals surface area (Å²) in [6.45, 7) is 0.0689. The largest absolute Gasteiger partial charge is 0.336 e. The van der Waals surface area contributed by atoms with Crippen molar-refractivity contribution in [3.05, 3.63) is 30.3 Å². The van der Waals surface area contributed by atoms with E-state index in [0.717, 1.165) is 24.9 Å². The van der Waals surface area contributed by atoms with Crippen molar-refractivity contribution in [3.63, 3.8) is 0 Å². The number of nitrogens with one attached hydrogen (secondary N) is 1. The van der Waals surface area contributed by atoms with E-state index in [1.165, 1.54) is 4.90 Å². The van der Waals surface area contributed by atoms with E-state index in [1.807, 2.05) is 30.3 Å². The monoisotopic (exact) mass is 311 g/mol. The first-order valence-electron chi connectivity index (χ1n) is 6.91. The highest BCUT2D eigenvalue weighted by molar-refractivity contribution is 5.94. The van der Waals surface area contributed by atoms with Crippen molar-refractivity contribution >= 4 is 29.9 Å². The molecule has 3 N–H and O–H groups in total.